The van der Waals surface area contributed by atoms with E-state index in [-0.39, 0.29) is 5.91 Å². The van der Waals surface area contributed by atoms with Crippen molar-refractivity contribution in [2.24, 2.45) is 0 Å². The fourth-order valence-electron chi connectivity index (χ4n) is 1.94. The van der Waals surface area contributed by atoms with Crippen LogP contribution in [0.1, 0.15) is 44.4 Å². The minimum atomic E-state index is 0.00801. The number of hydrogen-bond donors (Lipinski definition) is 1. The normalized spacial score (nSPS) is 10.2. The molecular weight excluding hydrogens is 198 g/mol. The van der Waals surface area contributed by atoms with Gasteiger partial charge in [0.2, 0.25) is 5.91 Å². The molecule has 0 aromatic heterocycles. The summed E-state index contributed by atoms with van der Waals surface area (Å²) in [6.45, 7) is 7.97. The Kier molecular flexibility index (Phi) is 4.53. The summed E-state index contributed by atoms with van der Waals surface area (Å²) in [4.78, 5) is 11.2. The van der Waals surface area contributed by atoms with Crippen molar-refractivity contribution in [2.75, 3.05) is 5.32 Å². The van der Waals surface area contributed by atoms with E-state index in [1.807, 2.05) is 0 Å². The zero-order valence-corrected chi connectivity index (χ0v) is 10.7. The zero-order valence-electron chi connectivity index (χ0n) is 10.7. The number of carbonyl (C=O) groups is 1. The van der Waals surface area contributed by atoms with Crippen LogP contribution in [0.5, 0.6) is 0 Å². The summed E-state index contributed by atoms with van der Waals surface area (Å²) in [5.41, 5.74) is 4.86. The molecule has 1 amide bonds. The average Bonchev–Trinajstić information content (AvgIpc) is 2.28. The van der Waals surface area contributed by atoms with Crippen LogP contribution in [0.2, 0.25) is 0 Å². The Bertz CT molecular complexity index is 357. The van der Waals surface area contributed by atoms with E-state index in [0.29, 0.717) is 0 Å². The molecule has 0 aliphatic carbocycles. The van der Waals surface area contributed by atoms with Crippen LogP contribution in [-0.4, -0.2) is 5.91 Å². The Balaban J connectivity index is 3.25. The van der Waals surface area contributed by atoms with Gasteiger partial charge in [0, 0.05) is 12.6 Å². The maximum absolute atomic E-state index is 11.2. The predicted octanol–water partition coefficient (Wildman–Crippen LogP) is 3.33. The van der Waals surface area contributed by atoms with Crippen molar-refractivity contribution < 1.29 is 4.79 Å². The predicted molar refractivity (Wildman–Crippen MR) is 68.9 cm³/mol. The monoisotopic (exact) mass is 219 g/mol. The molecular formula is C14H21NO. The molecule has 88 valence electrons. The number of amides is 1. The van der Waals surface area contributed by atoms with Crippen LogP contribution in [0.4, 0.5) is 5.69 Å². The van der Waals surface area contributed by atoms with Crippen LogP contribution >= 0.6 is 0 Å². The van der Waals surface area contributed by atoms with Gasteiger partial charge in [-0.2, -0.15) is 0 Å². The Labute approximate surface area is 98.1 Å². The maximum atomic E-state index is 11.2. The first-order valence-corrected chi connectivity index (χ1v) is 6.04. The first kappa shape index (κ1) is 12.8. The fraction of sp³-hybridized carbons (Fsp3) is 0.500. The lowest BCUT2D eigenvalue weighted by molar-refractivity contribution is -0.114. The van der Waals surface area contributed by atoms with Gasteiger partial charge in [0.1, 0.15) is 0 Å². The fourth-order valence-corrected chi connectivity index (χ4v) is 1.94. The molecule has 0 saturated heterocycles. The van der Waals surface area contributed by atoms with E-state index in [1.54, 1.807) is 6.92 Å². The van der Waals surface area contributed by atoms with E-state index in [0.717, 1.165) is 24.9 Å². The van der Waals surface area contributed by atoms with Crippen LogP contribution in [-0.2, 0) is 24.1 Å². The van der Waals surface area contributed by atoms with Crippen molar-refractivity contribution in [1.29, 1.82) is 0 Å². The van der Waals surface area contributed by atoms with Gasteiger partial charge in [-0.3, -0.25) is 4.79 Å². The number of aryl methyl sites for hydroxylation is 3. The summed E-state index contributed by atoms with van der Waals surface area (Å²) in [6.07, 6.45) is 2.95. The van der Waals surface area contributed by atoms with Crippen molar-refractivity contribution in [3.05, 3.63) is 28.8 Å². The first-order valence-electron chi connectivity index (χ1n) is 6.04. The second-order valence-corrected chi connectivity index (χ2v) is 4.03. The summed E-state index contributed by atoms with van der Waals surface area (Å²) in [7, 11) is 0. The molecule has 1 aromatic carbocycles. The summed E-state index contributed by atoms with van der Waals surface area (Å²) in [5.74, 6) is 0.00801. The Morgan fingerprint density at radius 3 is 1.88 bits per heavy atom. The summed E-state index contributed by atoms with van der Waals surface area (Å²) >= 11 is 0. The number of carbonyl (C=O) groups excluding carboxylic acids is 1. The highest BCUT2D eigenvalue weighted by molar-refractivity contribution is 5.90. The first-order chi connectivity index (χ1) is 7.62. The lowest BCUT2D eigenvalue weighted by Crippen LogP contribution is -2.11. The molecule has 0 fully saturated rings. The van der Waals surface area contributed by atoms with E-state index in [1.165, 1.54) is 16.7 Å². The lowest BCUT2D eigenvalue weighted by atomic mass is 9.98. The van der Waals surface area contributed by atoms with Gasteiger partial charge in [-0.05, 0) is 36.0 Å². The van der Waals surface area contributed by atoms with Gasteiger partial charge in [-0.15, -0.1) is 0 Å². The van der Waals surface area contributed by atoms with Crippen LogP contribution < -0.4 is 5.32 Å². The third kappa shape index (κ3) is 2.84. The average molecular weight is 219 g/mol. The van der Waals surface area contributed by atoms with Gasteiger partial charge in [-0.1, -0.05) is 32.9 Å². The number of benzene rings is 1. The molecule has 2 nitrogen and oxygen atoms in total. The van der Waals surface area contributed by atoms with Gasteiger partial charge in [-0.25, -0.2) is 0 Å². The van der Waals surface area contributed by atoms with Gasteiger partial charge >= 0.3 is 0 Å². The summed E-state index contributed by atoms with van der Waals surface area (Å²) in [6, 6.07) is 4.40. The molecule has 1 rings (SSSR count). The second kappa shape index (κ2) is 5.69. The number of nitrogens with one attached hydrogen (secondary N) is 1. The van der Waals surface area contributed by atoms with Gasteiger partial charge < -0.3 is 5.32 Å². The number of hydrogen-bond acceptors (Lipinski definition) is 1. The van der Waals surface area contributed by atoms with Crippen LogP contribution in [0.25, 0.3) is 0 Å². The second-order valence-electron chi connectivity index (χ2n) is 4.03. The largest absolute Gasteiger partial charge is 0.326 e. The Hall–Kier alpha value is -1.31. The summed E-state index contributed by atoms with van der Waals surface area (Å²) < 4.78 is 0. The maximum Gasteiger partial charge on any atom is 0.221 e. The van der Waals surface area contributed by atoms with Crippen molar-refractivity contribution in [2.45, 2.75) is 47.0 Å². The van der Waals surface area contributed by atoms with Gasteiger partial charge in [0.15, 0.2) is 0 Å². The summed E-state index contributed by atoms with van der Waals surface area (Å²) in [5, 5.41) is 2.96. The highest BCUT2D eigenvalue weighted by Gasteiger charge is 2.09. The van der Waals surface area contributed by atoms with Crippen molar-refractivity contribution in [1.82, 2.24) is 0 Å². The SMILES string of the molecule is CCc1cc(CC)c(NC(C)=O)c(CC)c1. The van der Waals surface area contributed by atoms with Crippen molar-refractivity contribution in [3.8, 4) is 0 Å². The smallest absolute Gasteiger partial charge is 0.221 e. The molecule has 0 spiro atoms. The highest BCUT2D eigenvalue weighted by atomic mass is 16.1. The molecule has 0 aliphatic rings. The zero-order chi connectivity index (χ0) is 12.1. The molecule has 1 N–H and O–H groups in total. The lowest BCUT2D eigenvalue weighted by Gasteiger charge is -2.15. The number of anilines is 1. The molecule has 16 heavy (non-hydrogen) atoms. The molecule has 2 heteroatoms. The highest BCUT2D eigenvalue weighted by Crippen LogP contribution is 2.25. The van der Waals surface area contributed by atoms with Crippen LogP contribution in [0.15, 0.2) is 12.1 Å². The molecule has 0 heterocycles. The van der Waals surface area contributed by atoms with Gasteiger partial charge in [0.05, 0.1) is 0 Å². The van der Waals surface area contributed by atoms with Gasteiger partial charge in [0.25, 0.3) is 0 Å². The molecule has 0 saturated carbocycles. The topological polar surface area (TPSA) is 29.1 Å². The molecule has 0 radical (unpaired) electrons. The number of rotatable bonds is 4. The van der Waals surface area contributed by atoms with Crippen molar-refractivity contribution >= 4 is 11.6 Å². The van der Waals surface area contributed by atoms with E-state index >= 15 is 0 Å². The van der Waals surface area contributed by atoms with E-state index in [4.69, 9.17) is 0 Å². The minimum Gasteiger partial charge on any atom is -0.326 e. The minimum absolute atomic E-state index is 0.00801. The molecule has 0 atom stereocenters. The van der Waals surface area contributed by atoms with Crippen LogP contribution in [0.3, 0.4) is 0 Å². The molecule has 0 unspecified atom stereocenters. The Morgan fingerprint density at radius 2 is 1.56 bits per heavy atom. The van der Waals surface area contributed by atoms with Crippen LogP contribution in [0, 0.1) is 0 Å². The quantitative estimate of drug-likeness (QED) is 0.826. The molecule has 0 bridgehead atoms. The molecule has 0 aliphatic heterocycles. The van der Waals surface area contributed by atoms with E-state index < -0.39 is 0 Å². The van der Waals surface area contributed by atoms with E-state index in [9.17, 15) is 4.79 Å². The van der Waals surface area contributed by atoms with Crippen molar-refractivity contribution in [3.63, 3.8) is 0 Å². The third-order valence-corrected chi connectivity index (χ3v) is 2.83. The third-order valence-electron chi connectivity index (χ3n) is 2.83. The standard InChI is InChI=1S/C14H21NO/c1-5-11-8-12(6-2)14(15-10(4)16)13(7-3)9-11/h8-9H,5-7H2,1-4H3,(H,15,16). The van der Waals surface area contributed by atoms with E-state index in [2.05, 4.69) is 38.2 Å². The molecule has 1 aromatic rings. The Morgan fingerprint density at radius 1 is 1.06 bits per heavy atom.